The van der Waals surface area contributed by atoms with Gasteiger partial charge < -0.3 is 20.7 Å². The van der Waals surface area contributed by atoms with Crippen molar-refractivity contribution in [2.45, 2.75) is 12.5 Å². The third-order valence-electron chi connectivity index (χ3n) is 5.75. The summed E-state index contributed by atoms with van der Waals surface area (Å²) >= 11 is 0. The Labute approximate surface area is 193 Å². The molecule has 5 aromatic rings. The summed E-state index contributed by atoms with van der Waals surface area (Å²) in [6, 6.07) is 29.9. The second-order valence-electron chi connectivity index (χ2n) is 8.02. The van der Waals surface area contributed by atoms with Crippen LogP contribution in [0.5, 0.6) is 0 Å². The second-order valence-corrected chi connectivity index (χ2v) is 8.02. The number of anilines is 3. The highest BCUT2D eigenvalue weighted by molar-refractivity contribution is 5.83. The van der Waals surface area contributed by atoms with E-state index < -0.39 is 6.10 Å². The van der Waals surface area contributed by atoms with Gasteiger partial charge in [-0.2, -0.15) is 0 Å². The van der Waals surface area contributed by atoms with E-state index in [1.54, 1.807) is 6.20 Å². The highest BCUT2D eigenvalue weighted by Gasteiger charge is 2.12. The second kappa shape index (κ2) is 9.59. The predicted octanol–water partition coefficient (Wildman–Crippen LogP) is 6.04. The van der Waals surface area contributed by atoms with E-state index >= 15 is 0 Å². The molecular formula is C28H26N4O. The molecule has 2 aromatic heterocycles. The number of aromatic amines is 1. The van der Waals surface area contributed by atoms with E-state index in [0.717, 1.165) is 35.6 Å². The number of para-hydroxylation sites is 1. The molecule has 5 heteroatoms. The zero-order valence-electron chi connectivity index (χ0n) is 18.2. The summed E-state index contributed by atoms with van der Waals surface area (Å²) in [6.45, 7) is 0.861. The number of aliphatic hydroxyl groups excluding tert-OH is 1. The highest BCUT2D eigenvalue weighted by atomic mass is 16.3. The van der Waals surface area contributed by atoms with Crippen LogP contribution in [0.4, 0.5) is 17.1 Å². The van der Waals surface area contributed by atoms with E-state index in [1.807, 2.05) is 54.6 Å². The Morgan fingerprint density at radius 2 is 1.58 bits per heavy atom. The SMILES string of the molecule is OC(c1ccccc1)c1cc(Nc2ccc(NCCc3c[nH]c4ccccc34)cc2)ccn1. The van der Waals surface area contributed by atoms with Crippen LogP contribution in [-0.2, 0) is 6.42 Å². The van der Waals surface area contributed by atoms with Crippen LogP contribution in [0.3, 0.4) is 0 Å². The lowest BCUT2D eigenvalue weighted by Gasteiger charge is -2.13. The first-order valence-electron chi connectivity index (χ1n) is 11.1. The van der Waals surface area contributed by atoms with Crippen molar-refractivity contribution >= 4 is 28.0 Å². The van der Waals surface area contributed by atoms with Crippen LogP contribution in [0.15, 0.2) is 103 Å². The van der Waals surface area contributed by atoms with Gasteiger partial charge in [0.05, 0.1) is 5.69 Å². The summed E-state index contributed by atoms with van der Waals surface area (Å²) in [4.78, 5) is 7.67. The maximum absolute atomic E-state index is 10.6. The third kappa shape index (κ3) is 4.89. The number of H-pyrrole nitrogens is 1. The fraction of sp³-hybridized carbons (Fsp3) is 0.107. The molecule has 4 N–H and O–H groups in total. The summed E-state index contributed by atoms with van der Waals surface area (Å²) in [5, 5.41) is 18.8. The van der Waals surface area contributed by atoms with Crippen molar-refractivity contribution < 1.29 is 5.11 Å². The lowest BCUT2D eigenvalue weighted by atomic mass is 10.1. The largest absolute Gasteiger partial charge is 0.385 e. The molecule has 2 heterocycles. The molecule has 0 radical (unpaired) electrons. The van der Waals surface area contributed by atoms with E-state index in [2.05, 4.69) is 63.2 Å². The number of aliphatic hydroxyl groups is 1. The van der Waals surface area contributed by atoms with Gasteiger partial charge >= 0.3 is 0 Å². The lowest BCUT2D eigenvalue weighted by Crippen LogP contribution is -2.04. The van der Waals surface area contributed by atoms with Crippen LogP contribution < -0.4 is 10.6 Å². The van der Waals surface area contributed by atoms with Gasteiger partial charge in [0.1, 0.15) is 6.10 Å². The number of rotatable bonds is 8. The first-order chi connectivity index (χ1) is 16.3. The van der Waals surface area contributed by atoms with E-state index in [-0.39, 0.29) is 0 Å². The predicted molar refractivity (Wildman–Crippen MR) is 135 cm³/mol. The minimum absolute atomic E-state index is 0.613. The molecule has 0 amide bonds. The smallest absolute Gasteiger partial charge is 0.121 e. The molecule has 5 rings (SSSR count). The van der Waals surface area contributed by atoms with Crippen LogP contribution in [0.2, 0.25) is 0 Å². The van der Waals surface area contributed by atoms with Crippen LogP contribution >= 0.6 is 0 Å². The molecule has 0 fully saturated rings. The maximum Gasteiger partial charge on any atom is 0.121 e. The molecule has 0 spiro atoms. The number of hydrogen-bond acceptors (Lipinski definition) is 4. The summed E-state index contributed by atoms with van der Waals surface area (Å²) in [5.74, 6) is 0. The number of aromatic nitrogens is 2. The highest BCUT2D eigenvalue weighted by Crippen LogP contribution is 2.25. The number of pyridine rings is 1. The van der Waals surface area contributed by atoms with Crippen molar-refractivity contribution in [2.75, 3.05) is 17.2 Å². The van der Waals surface area contributed by atoms with Gasteiger partial charge in [0.2, 0.25) is 0 Å². The summed E-state index contributed by atoms with van der Waals surface area (Å²) in [6.07, 6.45) is 4.01. The molecule has 1 unspecified atom stereocenters. The summed E-state index contributed by atoms with van der Waals surface area (Å²) in [7, 11) is 0. The summed E-state index contributed by atoms with van der Waals surface area (Å²) in [5.41, 5.74) is 6.88. The van der Waals surface area contributed by atoms with E-state index in [1.165, 1.54) is 16.5 Å². The fourth-order valence-corrected chi connectivity index (χ4v) is 4.00. The maximum atomic E-state index is 10.6. The topological polar surface area (TPSA) is 73.0 Å². The number of benzene rings is 3. The average Bonchev–Trinajstić information content (AvgIpc) is 3.28. The molecule has 1 atom stereocenters. The molecule has 0 aliphatic rings. The first-order valence-corrected chi connectivity index (χ1v) is 11.1. The van der Waals surface area contributed by atoms with Crippen LogP contribution in [0, 0.1) is 0 Å². The molecular weight excluding hydrogens is 408 g/mol. The molecule has 0 aliphatic heterocycles. The fourth-order valence-electron chi connectivity index (χ4n) is 4.00. The Morgan fingerprint density at radius 1 is 0.818 bits per heavy atom. The number of nitrogens with zero attached hydrogens (tertiary/aromatic N) is 1. The normalized spacial score (nSPS) is 11.9. The van der Waals surface area contributed by atoms with Crippen molar-refractivity contribution in [3.05, 3.63) is 120 Å². The molecule has 0 saturated heterocycles. The van der Waals surface area contributed by atoms with Gasteiger partial charge in [0, 0.05) is 46.9 Å². The molecule has 0 bridgehead atoms. The number of fused-ring (bicyclic) bond motifs is 1. The van der Waals surface area contributed by atoms with Crippen LogP contribution in [-0.4, -0.2) is 21.6 Å². The monoisotopic (exact) mass is 434 g/mol. The first kappa shape index (κ1) is 20.8. The van der Waals surface area contributed by atoms with Gasteiger partial charge in [-0.3, -0.25) is 4.98 Å². The molecule has 0 saturated carbocycles. The van der Waals surface area contributed by atoms with Gasteiger partial charge in [-0.25, -0.2) is 0 Å². The molecule has 164 valence electrons. The van der Waals surface area contributed by atoms with Crippen LogP contribution in [0.25, 0.3) is 10.9 Å². The molecule has 33 heavy (non-hydrogen) atoms. The molecule has 5 nitrogen and oxygen atoms in total. The zero-order chi connectivity index (χ0) is 22.5. The van der Waals surface area contributed by atoms with E-state index in [9.17, 15) is 5.11 Å². The quantitative estimate of drug-likeness (QED) is 0.240. The zero-order valence-corrected chi connectivity index (χ0v) is 18.2. The van der Waals surface area contributed by atoms with Gasteiger partial charge in [0.25, 0.3) is 0 Å². The third-order valence-corrected chi connectivity index (χ3v) is 5.75. The Balaban J connectivity index is 1.19. The van der Waals surface area contributed by atoms with Crippen molar-refractivity contribution in [2.24, 2.45) is 0 Å². The van der Waals surface area contributed by atoms with E-state index in [0.29, 0.717) is 5.69 Å². The van der Waals surface area contributed by atoms with Gasteiger partial charge in [-0.05, 0) is 60.0 Å². The summed E-state index contributed by atoms with van der Waals surface area (Å²) < 4.78 is 0. The minimum Gasteiger partial charge on any atom is -0.385 e. The lowest BCUT2D eigenvalue weighted by molar-refractivity contribution is 0.215. The van der Waals surface area contributed by atoms with Crippen molar-refractivity contribution in [1.29, 1.82) is 0 Å². The van der Waals surface area contributed by atoms with E-state index in [4.69, 9.17) is 0 Å². The number of hydrogen-bond donors (Lipinski definition) is 4. The Hall–Kier alpha value is -4.09. The number of nitrogens with one attached hydrogen (secondary N) is 3. The van der Waals surface area contributed by atoms with Crippen LogP contribution in [0.1, 0.15) is 22.9 Å². The van der Waals surface area contributed by atoms with Crippen molar-refractivity contribution in [3.63, 3.8) is 0 Å². The van der Waals surface area contributed by atoms with Gasteiger partial charge in [-0.1, -0.05) is 48.5 Å². The Morgan fingerprint density at radius 3 is 2.42 bits per heavy atom. The van der Waals surface area contributed by atoms with Crippen molar-refractivity contribution in [1.82, 2.24) is 9.97 Å². The minimum atomic E-state index is -0.753. The average molecular weight is 435 g/mol. The van der Waals surface area contributed by atoms with Gasteiger partial charge in [0.15, 0.2) is 0 Å². The Kier molecular flexibility index (Phi) is 6.04. The standard InChI is InChI=1S/C28H26N4O/c33-28(20-6-2-1-3-7-20)27-18-24(15-17-30-27)32-23-12-10-22(11-13-23)29-16-14-21-19-31-26-9-5-4-8-25(21)26/h1-13,15,17-19,28-29,31,33H,14,16H2,(H,30,32). The molecule has 3 aromatic carbocycles. The van der Waals surface area contributed by atoms with Crippen molar-refractivity contribution in [3.8, 4) is 0 Å². The Bertz CT molecular complexity index is 1330. The van der Waals surface area contributed by atoms with Gasteiger partial charge in [-0.15, -0.1) is 0 Å². The molecule has 0 aliphatic carbocycles.